The van der Waals surface area contributed by atoms with Crippen LogP contribution in [0.25, 0.3) is 0 Å². The summed E-state index contributed by atoms with van der Waals surface area (Å²) < 4.78 is 0. The molecule has 222 valence electrons. The number of primary amides is 2. The Kier molecular flexibility index (Phi) is 17.2. The van der Waals surface area contributed by atoms with Gasteiger partial charge >= 0.3 is 5.97 Å². The van der Waals surface area contributed by atoms with Crippen LogP contribution in [0, 0.1) is 0 Å². The molecule has 16 N–H and O–H groups in total. The highest BCUT2D eigenvalue weighted by molar-refractivity contribution is 5.94. The summed E-state index contributed by atoms with van der Waals surface area (Å²) in [6.07, 6.45) is 0.727. The zero-order valence-electron chi connectivity index (χ0n) is 21.9. The lowest BCUT2D eigenvalue weighted by molar-refractivity contribution is -0.142. The minimum atomic E-state index is -1.46. The second kappa shape index (κ2) is 19.1. The van der Waals surface area contributed by atoms with Crippen molar-refractivity contribution in [1.29, 1.82) is 0 Å². The fraction of sp³-hybridized carbons (Fsp3) is 0.682. The van der Waals surface area contributed by atoms with E-state index < -0.39 is 59.7 Å². The molecular weight excluding hydrogens is 516 g/mol. The number of carbonyl (C=O) groups is 6. The molecular formula is C22H42N10O7. The molecule has 39 heavy (non-hydrogen) atoms. The third-order valence-electron chi connectivity index (χ3n) is 5.49. The van der Waals surface area contributed by atoms with Gasteiger partial charge in [0.25, 0.3) is 0 Å². The second-order valence-electron chi connectivity index (χ2n) is 8.87. The van der Waals surface area contributed by atoms with E-state index in [0.29, 0.717) is 25.8 Å². The number of carboxylic acids is 1. The third-order valence-corrected chi connectivity index (χ3v) is 5.49. The van der Waals surface area contributed by atoms with Gasteiger partial charge in [-0.15, -0.1) is 0 Å². The normalized spacial score (nSPS) is 13.7. The molecule has 0 fully saturated rings. The lowest BCUT2D eigenvalue weighted by atomic mass is 10.0. The van der Waals surface area contributed by atoms with Crippen LogP contribution in [0.3, 0.4) is 0 Å². The predicted molar refractivity (Wildman–Crippen MR) is 141 cm³/mol. The van der Waals surface area contributed by atoms with Gasteiger partial charge in [-0.05, 0) is 45.1 Å². The highest BCUT2D eigenvalue weighted by Gasteiger charge is 2.30. The lowest BCUT2D eigenvalue weighted by Crippen LogP contribution is -2.57. The Morgan fingerprint density at radius 1 is 0.667 bits per heavy atom. The summed E-state index contributed by atoms with van der Waals surface area (Å²) >= 11 is 0. The molecule has 0 heterocycles. The van der Waals surface area contributed by atoms with E-state index in [-0.39, 0.29) is 51.0 Å². The van der Waals surface area contributed by atoms with E-state index in [1.165, 1.54) is 0 Å². The number of nitrogens with two attached hydrogens (primary N) is 6. The van der Waals surface area contributed by atoms with Crippen LogP contribution >= 0.6 is 0 Å². The van der Waals surface area contributed by atoms with Crippen LogP contribution < -0.4 is 50.4 Å². The fourth-order valence-electron chi connectivity index (χ4n) is 3.33. The highest BCUT2D eigenvalue weighted by Crippen LogP contribution is 2.06. The number of nitrogens with one attached hydrogen (secondary N) is 3. The van der Waals surface area contributed by atoms with Crippen LogP contribution in [-0.2, 0) is 28.8 Å². The van der Waals surface area contributed by atoms with Gasteiger partial charge in [0.1, 0.15) is 18.1 Å². The van der Waals surface area contributed by atoms with Crippen LogP contribution in [0.5, 0.6) is 0 Å². The summed E-state index contributed by atoms with van der Waals surface area (Å²) in [6.45, 7) is 0.529. The van der Waals surface area contributed by atoms with Gasteiger partial charge in [0.05, 0.1) is 6.04 Å². The standard InChI is InChI=1S/C22H42N10O7/c23-10-2-1-4-12(24)18(35)30-14(6-8-16(25)33)20(37)31-13(5-3-11-29-22(27)28)19(36)32-15(21(38)39)7-9-17(26)34/h12-15H,1-11,23-24H2,(H2,25,33)(H2,26,34)(H,30,35)(H,31,37)(H,32,36)(H,38,39)(H4,27,28,29). The van der Waals surface area contributed by atoms with Gasteiger partial charge in [0.2, 0.25) is 29.5 Å². The number of hydrogen-bond acceptors (Lipinski definition) is 9. The highest BCUT2D eigenvalue weighted by atomic mass is 16.4. The van der Waals surface area contributed by atoms with Gasteiger partial charge in [-0.2, -0.15) is 0 Å². The van der Waals surface area contributed by atoms with E-state index in [9.17, 15) is 33.9 Å². The molecule has 5 amide bonds. The number of carboxylic acid groups (broad SMARTS) is 1. The smallest absolute Gasteiger partial charge is 0.326 e. The first-order chi connectivity index (χ1) is 18.3. The molecule has 0 aliphatic heterocycles. The van der Waals surface area contributed by atoms with Crippen LogP contribution in [-0.4, -0.2) is 83.8 Å². The van der Waals surface area contributed by atoms with Crippen LogP contribution in [0.15, 0.2) is 4.99 Å². The van der Waals surface area contributed by atoms with E-state index in [1.807, 2.05) is 0 Å². The van der Waals surface area contributed by atoms with Crippen molar-refractivity contribution in [1.82, 2.24) is 16.0 Å². The maximum atomic E-state index is 13.1. The average molecular weight is 559 g/mol. The Morgan fingerprint density at radius 3 is 1.64 bits per heavy atom. The molecule has 0 rings (SSSR count). The maximum Gasteiger partial charge on any atom is 0.326 e. The monoisotopic (exact) mass is 558 g/mol. The summed E-state index contributed by atoms with van der Waals surface area (Å²) in [5.74, 6) is -5.43. The summed E-state index contributed by atoms with van der Waals surface area (Å²) in [6, 6.07) is -4.96. The second-order valence-corrected chi connectivity index (χ2v) is 8.87. The van der Waals surface area contributed by atoms with Crippen LogP contribution in [0.1, 0.15) is 57.8 Å². The molecule has 0 aliphatic carbocycles. The van der Waals surface area contributed by atoms with Crippen molar-refractivity contribution in [3.63, 3.8) is 0 Å². The number of carbonyl (C=O) groups excluding carboxylic acids is 5. The minimum absolute atomic E-state index is 0.0222. The Morgan fingerprint density at radius 2 is 1.15 bits per heavy atom. The van der Waals surface area contributed by atoms with Crippen molar-refractivity contribution in [3.8, 4) is 0 Å². The van der Waals surface area contributed by atoms with Crippen molar-refractivity contribution in [2.24, 2.45) is 39.4 Å². The zero-order valence-corrected chi connectivity index (χ0v) is 21.9. The first kappa shape index (κ1) is 35.0. The Bertz CT molecular complexity index is 879. The number of amides is 5. The van der Waals surface area contributed by atoms with Crippen LogP contribution in [0.2, 0.25) is 0 Å². The Balaban J connectivity index is 5.67. The number of aliphatic imine (C=N–C) groups is 1. The van der Waals surface area contributed by atoms with Crippen molar-refractivity contribution in [2.75, 3.05) is 13.1 Å². The molecule has 0 aromatic carbocycles. The number of rotatable bonds is 21. The van der Waals surface area contributed by atoms with E-state index in [0.717, 1.165) is 0 Å². The quantitative estimate of drug-likeness (QED) is 0.0364. The largest absolute Gasteiger partial charge is 0.480 e. The number of guanidine groups is 1. The van der Waals surface area contributed by atoms with Gasteiger partial charge in [-0.3, -0.25) is 29.0 Å². The summed E-state index contributed by atoms with van der Waals surface area (Å²) in [7, 11) is 0. The number of aliphatic carboxylic acids is 1. The molecule has 4 unspecified atom stereocenters. The van der Waals surface area contributed by atoms with E-state index in [2.05, 4.69) is 20.9 Å². The van der Waals surface area contributed by atoms with Crippen molar-refractivity contribution >= 4 is 41.5 Å². The third kappa shape index (κ3) is 16.5. The van der Waals surface area contributed by atoms with Crippen molar-refractivity contribution in [3.05, 3.63) is 0 Å². The van der Waals surface area contributed by atoms with Gasteiger partial charge in [-0.25, -0.2) is 4.79 Å². The molecule has 0 aromatic rings. The fourth-order valence-corrected chi connectivity index (χ4v) is 3.33. The molecule has 4 atom stereocenters. The molecule has 0 aliphatic rings. The molecule has 17 nitrogen and oxygen atoms in total. The Labute approximate surface area is 226 Å². The first-order valence-corrected chi connectivity index (χ1v) is 12.5. The average Bonchev–Trinajstić information content (AvgIpc) is 2.84. The summed E-state index contributed by atoms with van der Waals surface area (Å²) in [4.78, 5) is 76.4. The topological polar surface area (TPSA) is 327 Å². The van der Waals surface area contributed by atoms with E-state index in [1.54, 1.807) is 0 Å². The maximum absolute atomic E-state index is 13.1. The zero-order chi connectivity index (χ0) is 30.0. The van der Waals surface area contributed by atoms with Crippen LogP contribution in [0.4, 0.5) is 0 Å². The van der Waals surface area contributed by atoms with Gasteiger partial charge in [-0.1, -0.05) is 6.42 Å². The number of hydrogen-bond donors (Lipinski definition) is 10. The molecule has 0 aromatic heterocycles. The minimum Gasteiger partial charge on any atom is -0.480 e. The van der Waals surface area contributed by atoms with E-state index >= 15 is 0 Å². The molecule has 0 radical (unpaired) electrons. The number of unbranched alkanes of at least 4 members (excludes halogenated alkanes) is 1. The van der Waals surface area contributed by atoms with Gasteiger partial charge in [0, 0.05) is 19.4 Å². The molecule has 0 saturated heterocycles. The lowest BCUT2D eigenvalue weighted by Gasteiger charge is -2.25. The summed E-state index contributed by atoms with van der Waals surface area (Å²) in [5.41, 5.74) is 32.2. The SMILES string of the molecule is NCCCCC(N)C(=O)NC(CCC(N)=O)C(=O)NC(CCCN=C(N)N)C(=O)NC(CCC(N)=O)C(=O)O. The van der Waals surface area contributed by atoms with E-state index in [4.69, 9.17) is 34.4 Å². The van der Waals surface area contributed by atoms with Gasteiger partial charge < -0.3 is 55.5 Å². The first-order valence-electron chi connectivity index (χ1n) is 12.5. The van der Waals surface area contributed by atoms with Crippen molar-refractivity contribution in [2.45, 2.75) is 82.0 Å². The molecule has 17 heteroatoms. The summed E-state index contributed by atoms with van der Waals surface area (Å²) in [5, 5.41) is 16.6. The predicted octanol–water partition coefficient (Wildman–Crippen LogP) is -4.43. The van der Waals surface area contributed by atoms with Crippen molar-refractivity contribution < 1.29 is 33.9 Å². The molecule has 0 bridgehead atoms. The number of nitrogens with zero attached hydrogens (tertiary/aromatic N) is 1. The Hall–Kier alpha value is -3.99. The molecule has 0 spiro atoms. The molecule has 0 saturated carbocycles. The van der Waals surface area contributed by atoms with Gasteiger partial charge in [0.15, 0.2) is 5.96 Å².